The summed E-state index contributed by atoms with van der Waals surface area (Å²) in [6, 6.07) is 20.1. The van der Waals surface area contributed by atoms with Crippen molar-refractivity contribution in [2.75, 3.05) is 20.8 Å². The second-order valence-corrected chi connectivity index (χ2v) is 8.52. The van der Waals surface area contributed by atoms with Crippen molar-refractivity contribution < 1.29 is 24.1 Å². The van der Waals surface area contributed by atoms with Crippen LogP contribution in [0.1, 0.15) is 0 Å². The molecule has 0 saturated carbocycles. The van der Waals surface area contributed by atoms with E-state index in [0.717, 1.165) is 21.4 Å². The van der Waals surface area contributed by atoms with E-state index in [2.05, 4.69) is 15.9 Å². The van der Waals surface area contributed by atoms with Gasteiger partial charge in [0, 0.05) is 20.6 Å². The Kier molecular flexibility index (Phi) is 7.09. The Morgan fingerprint density at radius 3 is 2.44 bits per heavy atom. The van der Waals surface area contributed by atoms with Crippen LogP contribution < -0.4 is 14.2 Å². The average molecular weight is 544 g/mol. The van der Waals surface area contributed by atoms with Gasteiger partial charge < -0.3 is 19.3 Å². The van der Waals surface area contributed by atoms with E-state index in [1.807, 2.05) is 42.5 Å². The van der Waals surface area contributed by atoms with Gasteiger partial charge in [0.2, 0.25) is 0 Å². The molecule has 1 N–H and O–H groups in total. The molecule has 1 aromatic heterocycles. The molecule has 3 aromatic carbocycles. The van der Waals surface area contributed by atoms with Crippen LogP contribution in [-0.4, -0.2) is 41.7 Å². The normalized spacial score (nSPS) is 10.7. The molecule has 174 valence electrons. The highest BCUT2D eigenvalue weighted by atomic mass is 79.9. The maximum atomic E-state index is 11.1. The number of halogens is 2. The molecule has 0 fully saturated rings. The summed E-state index contributed by atoms with van der Waals surface area (Å²) >= 11 is 9.59. The van der Waals surface area contributed by atoms with E-state index in [9.17, 15) is 4.79 Å². The molecule has 0 amide bonds. The van der Waals surface area contributed by atoms with Crippen LogP contribution in [0.5, 0.6) is 17.2 Å². The van der Waals surface area contributed by atoms with Gasteiger partial charge in [0.1, 0.15) is 5.75 Å². The summed E-state index contributed by atoms with van der Waals surface area (Å²) in [5.41, 5.74) is 3.48. The van der Waals surface area contributed by atoms with Gasteiger partial charge in [0.15, 0.2) is 18.1 Å². The molecular weight excluding hydrogens is 524 g/mol. The van der Waals surface area contributed by atoms with Crippen LogP contribution in [0.2, 0.25) is 5.02 Å². The first-order chi connectivity index (χ1) is 16.4. The molecule has 0 bridgehead atoms. The summed E-state index contributed by atoms with van der Waals surface area (Å²) in [4.78, 5) is 11.1. The van der Waals surface area contributed by atoms with E-state index in [1.165, 1.54) is 0 Å². The fraction of sp³-hybridized carbons (Fsp3) is 0.120. The quantitative estimate of drug-likeness (QED) is 0.289. The second-order valence-electron chi connectivity index (χ2n) is 7.17. The molecule has 0 spiro atoms. The number of methoxy groups -OCH3 is 2. The monoisotopic (exact) mass is 542 g/mol. The van der Waals surface area contributed by atoms with Crippen molar-refractivity contribution in [1.29, 1.82) is 0 Å². The Hall–Kier alpha value is -3.49. The molecule has 0 aliphatic rings. The number of rotatable bonds is 8. The number of carboxylic acids is 1. The molecule has 4 rings (SSSR count). The van der Waals surface area contributed by atoms with Crippen molar-refractivity contribution in [2.45, 2.75) is 0 Å². The Morgan fingerprint density at radius 1 is 1.00 bits per heavy atom. The van der Waals surface area contributed by atoms with Crippen LogP contribution in [0.4, 0.5) is 0 Å². The Morgan fingerprint density at radius 2 is 1.76 bits per heavy atom. The zero-order chi connectivity index (χ0) is 24.2. The fourth-order valence-corrected chi connectivity index (χ4v) is 4.03. The third kappa shape index (κ3) is 4.88. The molecule has 1 heterocycles. The van der Waals surface area contributed by atoms with Crippen molar-refractivity contribution in [3.8, 4) is 45.5 Å². The molecule has 0 aliphatic carbocycles. The van der Waals surface area contributed by atoms with E-state index < -0.39 is 12.6 Å². The first-order valence-electron chi connectivity index (χ1n) is 10.1. The van der Waals surface area contributed by atoms with E-state index >= 15 is 0 Å². The Labute approximate surface area is 209 Å². The van der Waals surface area contributed by atoms with Gasteiger partial charge in [-0.05, 0) is 60.7 Å². The van der Waals surface area contributed by atoms with Crippen molar-refractivity contribution >= 4 is 33.5 Å². The first-order valence-corrected chi connectivity index (χ1v) is 11.3. The molecule has 0 radical (unpaired) electrons. The van der Waals surface area contributed by atoms with Crippen molar-refractivity contribution in [3.63, 3.8) is 0 Å². The van der Waals surface area contributed by atoms with Crippen LogP contribution in [0.25, 0.3) is 28.2 Å². The number of para-hydroxylation sites is 1. The molecule has 0 aliphatic heterocycles. The lowest BCUT2D eigenvalue weighted by Gasteiger charge is -2.14. The highest BCUT2D eigenvalue weighted by Gasteiger charge is 2.21. The minimum Gasteiger partial charge on any atom is -0.493 e. The molecule has 7 nitrogen and oxygen atoms in total. The van der Waals surface area contributed by atoms with Crippen LogP contribution in [0.15, 0.2) is 71.2 Å². The summed E-state index contributed by atoms with van der Waals surface area (Å²) in [6.45, 7) is -0.469. The number of aromatic nitrogens is 2. The molecule has 0 unspecified atom stereocenters. The lowest BCUT2D eigenvalue weighted by Crippen LogP contribution is -2.10. The number of benzene rings is 3. The molecule has 0 atom stereocenters. The maximum absolute atomic E-state index is 11.1. The van der Waals surface area contributed by atoms with Gasteiger partial charge >= 0.3 is 5.97 Å². The zero-order valence-corrected chi connectivity index (χ0v) is 20.6. The first kappa shape index (κ1) is 23.7. The predicted octanol–water partition coefficient (Wildman–Crippen LogP) is 6.10. The highest BCUT2D eigenvalue weighted by Crippen LogP contribution is 2.41. The van der Waals surface area contributed by atoms with Gasteiger partial charge in [-0.1, -0.05) is 33.6 Å². The standard InChI is InChI=1S/C25H20BrClN2O5/c1-32-23-5-3-4-18(25(23)33-2)21-13-20(28-29(21)17-9-7-16(27)8-10-17)19-12-15(26)6-11-22(19)34-14-24(30)31/h3-13H,14H2,1-2H3,(H,30,31). The molecular formula is C25H20BrClN2O5. The molecule has 4 aromatic rings. The van der Waals surface area contributed by atoms with Crippen LogP contribution in [0, 0.1) is 0 Å². The zero-order valence-electron chi connectivity index (χ0n) is 18.3. The Balaban J connectivity index is 1.95. The Bertz CT molecular complexity index is 1340. The van der Waals surface area contributed by atoms with E-state index in [0.29, 0.717) is 33.5 Å². The number of carboxylic acid groups (broad SMARTS) is 1. The van der Waals surface area contributed by atoms with E-state index in [1.54, 1.807) is 43.2 Å². The summed E-state index contributed by atoms with van der Waals surface area (Å²) in [7, 11) is 3.16. The van der Waals surface area contributed by atoms with Gasteiger partial charge in [0.25, 0.3) is 0 Å². The number of hydrogen-bond acceptors (Lipinski definition) is 5. The largest absolute Gasteiger partial charge is 0.493 e. The molecule has 34 heavy (non-hydrogen) atoms. The highest BCUT2D eigenvalue weighted by molar-refractivity contribution is 9.10. The van der Waals surface area contributed by atoms with Gasteiger partial charge in [-0.25, -0.2) is 9.48 Å². The van der Waals surface area contributed by atoms with Crippen LogP contribution >= 0.6 is 27.5 Å². The fourth-order valence-electron chi connectivity index (χ4n) is 3.54. The minimum atomic E-state index is -1.07. The third-order valence-electron chi connectivity index (χ3n) is 5.03. The van der Waals surface area contributed by atoms with Gasteiger partial charge in [-0.3, -0.25) is 0 Å². The molecule has 0 saturated heterocycles. The van der Waals surface area contributed by atoms with Crippen molar-refractivity contribution in [2.24, 2.45) is 0 Å². The second kappa shape index (κ2) is 10.2. The number of aliphatic carboxylic acids is 1. The lowest BCUT2D eigenvalue weighted by atomic mass is 10.1. The number of ether oxygens (including phenoxy) is 3. The van der Waals surface area contributed by atoms with E-state index in [4.69, 9.17) is 36.0 Å². The summed E-state index contributed by atoms with van der Waals surface area (Å²) in [5, 5.41) is 14.5. The number of hydrogen-bond donors (Lipinski definition) is 1. The summed E-state index contributed by atoms with van der Waals surface area (Å²) in [5.74, 6) is 0.472. The minimum absolute atomic E-state index is 0.399. The van der Waals surface area contributed by atoms with Gasteiger partial charge in [-0.2, -0.15) is 5.10 Å². The third-order valence-corrected chi connectivity index (χ3v) is 5.77. The topological polar surface area (TPSA) is 82.8 Å². The predicted molar refractivity (Wildman–Crippen MR) is 133 cm³/mol. The average Bonchev–Trinajstić information content (AvgIpc) is 3.28. The van der Waals surface area contributed by atoms with Gasteiger partial charge in [0.05, 0.1) is 31.3 Å². The van der Waals surface area contributed by atoms with Crippen molar-refractivity contribution in [3.05, 3.63) is 76.2 Å². The van der Waals surface area contributed by atoms with Gasteiger partial charge in [-0.15, -0.1) is 0 Å². The smallest absolute Gasteiger partial charge is 0.341 e. The van der Waals surface area contributed by atoms with Crippen molar-refractivity contribution in [1.82, 2.24) is 9.78 Å². The maximum Gasteiger partial charge on any atom is 0.341 e. The molecule has 9 heteroatoms. The lowest BCUT2D eigenvalue weighted by molar-refractivity contribution is -0.139. The SMILES string of the molecule is COc1cccc(-c2cc(-c3cc(Br)ccc3OCC(=O)O)nn2-c2ccc(Cl)cc2)c1OC. The van der Waals surface area contributed by atoms with Crippen LogP contribution in [0.3, 0.4) is 0 Å². The number of nitrogens with zero attached hydrogens (tertiary/aromatic N) is 2. The summed E-state index contributed by atoms with van der Waals surface area (Å²) in [6.07, 6.45) is 0. The van der Waals surface area contributed by atoms with E-state index in [-0.39, 0.29) is 0 Å². The van der Waals surface area contributed by atoms with Crippen LogP contribution in [-0.2, 0) is 4.79 Å². The number of carbonyl (C=O) groups is 1. The summed E-state index contributed by atoms with van der Waals surface area (Å²) < 4.78 is 19.3.